The van der Waals surface area contributed by atoms with E-state index < -0.39 is 5.82 Å². The summed E-state index contributed by atoms with van der Waals surface area (Å²) in [6.45, 7) is 1.93. The molecule has 0 bridgehead atoms. The number of halogens is 2. The third-order valence-corrected chi connectivity index (χ3v) is 3.91. The number of hydrogen-bond acceptors (Lipinski definition) is 3. The van der Waals surface area contributed by atoms with Crippen LogP contribution in [0, 0.1) is 5.82 Å². The molecule has 1 fully saturated rings. The predicted molar refractivity (Wildman–Crippen MR) is 70.4 cm³/mol. The molecule has 1 unspecified atom stereocenters. The first-order valence-electron chi connectivity index (χ1n) is 5.40. The SMILES string of the molecule is CC(=O)SC1CC(=O)N(c2ccc(F)c(Cl)c2)C1. The number of carbonyl (C=O) groups excluding carboxylic acids is 2. The summed E-state index contributed by atoms with van der Waals surface area (Å²) in [7, 11) is 0. The fraction of sp³-hybridized carbons (Fsp3) is 0.333. The maximum atomic E-state index is 13.0. The Bertz CT molecular complexity index is 509. The Morgan fingerprint density at radius 3 is 2.89 bits per heavy atom. The molecule has 6 heteroatoms. The van der Waals surface area contributed by atoms with Crippen LogP contribution < -0.4 is 4.90 Å². The standard InChI is InChI=1S/C12H11ClFNO2S/c1-7(16)18-9-5-12(17)15(6-9)8-2-3-11(14)10(13)4-8/h2-4,9H,5-6H2,1H3. The van der Waals surface area contributed by atoms with Crippen LogP contribution >= 0.6 is 23.4 Å². The maximum absolute atomic E-state index is 13.0. The molecule has 2 rings (SSSR count). The second-order valence-corrected chi connectivity index (χ2v) is 5.92. The number of benzene rings is 1. The van der Waals surface area contributed by atoms with Gasteiger partial charge in [0.15, 0.2) is 5.12 Å². The maximum Gasteiger partial charge on any atom is 0.228 e. The van der Waals surface area contributed by atoms with E-state index in [9.17, 15) is 14.0 Å². The summed E-state index contributed by atoms with van der Waals surface area (Å²) in [6, 6.07) is 4.17. The predicted octanol–water partition coefficient (Wildman–Crippen LogP) is 2.86. The van der Waals surface area contributed by atoms with Gasteiger partial charge in [0.1, 0.15) is 5.82 Å². The zero-order valence-corrected chi connectivity index (χ0v) is 11.2. The quantitative estimate of drug-likeness (QED) is 0.839. The number of carbonyl (C=O) groups is 2. The third kappa shape index (κ3) is 2.84. The highest BCUT2D eigenvalue weighted by Crippen LogP contribution is 2.30. The molecule has 1 aliphatic rings. The molecule has 18 heavy (non-hydrogen) atoms. The lowest BCUT2D eigenvalue weighted by Crippen LogP contribution is -2.24. The summed E-state index contributed by atoms with van der Waals surface area (Å²) in [5.74, 6) is -0.585. The number of rotatable bonds is 2. The van der Waals surface area contributed by atoms with Crippen molar-refractivity contribution in [2.45, 2.75) is 18.6 Å². The van der Waals surface area contributed by atoms with Gasteiger partial charge in [-0.2, -0.15) is 0 Å². The van der Waals surface area contributed by atoms with Gasteiger partial charge in [0.2, 0.25) is 5.91 Å². The summed E-state index contributed by atoms with van der Waals surface area (Å²) in [5, 5.41) is -0.0615. The zero-order chi connectivity index (χ0) is 13.3. The number of amides is 1. The van der Waals surface area contributed by atoms with Gasteiger partial charge >= 0.3 is 0 Å². The lowest BCUT2D eigenvalue weighted by molar-refractivity contribution is -0.117. The van der Waals surface area contributed by atoms with Crippen molar-refractivity contribution in [3.8, 4) is 0 Å². The fourth-order valence-electron chi connectivity index (χ4n) is 1.89. The summed E-state index contributed by atoms with van der Waals surface area (Å²) in [4.78, 5) is 24.4. The van der Waals surface area contributed by atoms with Crippen LogP contribution in [0.2, 0.25) is 5.02 Å². The monoisotopic (exact) mass is 287 g/mol. The van der Waals surface area contributed by atoms with Gasteiger partial charge in [-0.1, -0.05) is 23.4 Å². The third-order valence-electron chi connectivity index (χ3n) is 2.64. The van der Waals surface area contributed by atoms with Crippen LogP contribution in [0.25, 0.3) is 0 Å². The van der Waals surface area contributed by atoms with Crippen molar-refractivity contribution in [1.29, 1.82) is 0 Å². The van der Waals surface area contributed by atoms with Crippen molar-refractivity contribution in [3.63, 3.8) is 0 Å². The second-order valence-electron chi connectivity index (χ2n) is 4.04. The first-order valence-corrected chi connectivity index (χ1v) is 6.66. The molecule has 0 spiro atoms. The Morgan fingerprint density at radius 2 is 2.28 bits per heavy atom. The van der Waals surface area contributed by atoms with Crippen molar-refractivity contribution >= 4 is 40.1 Å². The van der Waals surface area contributed by atoms with E-state index in [1.165, 1.54) is 30.0 Å². The van der Waals surface area contributed by atoms with Crippen molar-refractivity contribution in [2.24, 2.45) is 0 Å². The van der Waals surface area contributed by atoms with Crippen LogP contribution in [0.3, 0.4) is 0 Å². The average molecular weight is 288 g/mol. The van der Waals surface area contributed by atoms with E-state index in [4.69, 9.17) is 11.6 Å². The van der Waals surface area contributed by atoms with E-state index >= 15 is 0 Å². The Hall–Kier alpha value is -1.07. The van der Waals surface area contributed by atoms with Gasteiger partial charge < -0.3 is 4.90 Å². The van der Waals surface area contributed by atoms with Gasteiger partial charge in [0.25, 0.3) is 0 Å². The number of thioether (sulfide) groups is 1. The molecule has 1 aromatic rings. The Kier molecular flexibility index (Phi) is 3.92. The summed E-state index contributed by atoms with van der Waals surface area (Å²) >= 11 is 6.85. The largest absolute Gasteiger partial charge is 0.311 e. The van der Waals surface area contributed by atoms with Crippen LogP contribution in [-0.2, 0) is 9.59 Å². The Labute approximate surface area is 113 Å². The minimum absolute atomic E-state index is 0.00760. The van der Waals surface area contributed by atoms with Gasteiger partial charge in [-0.25, -0.2) is 4.39 Å². The highest BCUT2D eigenvalue weighted by Gasteiger charge is 2.32. The highest BCUT2D eigenvalue weighted by atomic mass is 35.5. The molecule has 96 valence electrons. The van der Waals surface area contributed by atoms with Crippen LogP contribution in [0.15, 0.2) is 18.2 Å². The Balaban J connectivity index is 2.16. The van der Waals surface area contributed by atoms with Gasteiger partial charge in [-0.15, -0.1) is 0 Å². The summed E-state index contributed by atoms with van der Waals surface area (Å²) < 4.78 is 13.0. The normalized spacial score (nSPS) is 19.4. The Morgan fingerprint density at radius 1 is 1.56 bits per heavy atom. The molecule has 1 aliphatic heterocycles. The van der Waals surface area contributed by atoms with E-state index in [-0.39, 0.29) is 21.3 Å². The smallest absolute Gasteiger partial charge is 0.228 e. The minimum Gasteiger partial charge on any atom is -0.311 e. The molecule has 0 N–H and O–H groups in total. The van der Waals surface area contributed by atoms with Crippen molar-refractivity contribution in [3.05, 3.63) is 29.0 Å². The van der Waals surface area contributed by atoms with E-state index in [2.05, 4.69) is 0 Å². The second kappa shape index (κ2) is 5.28. The van der Waals surface area contributed by atoms with Crippen molar-refractivity contribution in [2.75, 3.05) is 11.4 Å². The van der Waals surface area contributed by atoms with Gasteiger partial charge in [0, 0.05) is 30.8 Å². The molecule has 1 amide bonds. The molecular weight excluding hydrogens is 277 g/mol. The van der Waals surface area contributed by atoms with Gasteiger partial charge in [-0.3, -0.25) is 9.59 Å². The van der Waals surface area contributed by atoms with Gasteiger partial charge in [-0.05, 0) is 18.2 Å². The number of anilines is 1. The van der Waals surface area contributed by atoms with Crippen LogP contribution in [-0.4, -0.2) is 22.8 Å². The average Bonchev–Trinajstić information content (AvgIpc) is 2.62. The van der Waals surface area contributed by atoms with Crippen LogP contribution in [0.1, 0.15) is 13.3 Å². The molecule has 0 aliphatic carbocycles. The molecule has 1 atom stereocenters. The summed E-state index contributed by atoms with van der Waals surface area (Å²) in [6.07, 6.45) is 0.319. The molecule has 1 aromatic carbocycles. The number of nitrogens with zero attached hydrogens (tertiary/aromatic N) is 1. The molecule has 0 aromatic heterocycles. The lowest BCUT2D eigenvalue weighted by Gasteiger charge is -2.16. The fourth-order valence-corrected chi connectivity index (χ4v) is 2.98. The minimum atomic E-state index is -0.512. The topological polar surface area (TPSA) is 37.4 Å². The first kappa shape index (κ1) is 13.4. The molecular formula is C12H11ClFNO2S. The highest BCUT2D eigenvalue weighted by molar-refractivity contribution is 8.14. The van der Waals surface area contributed by atoms with Crippen LogP contribution in [0.5, 0.6) is 0 Å². The van der Waals surface area contributed by atoms with Crippen molar-refractivity contribution in [1.82, 2.24) is 0 Å². The van der Waals surface area contributed by atoms with E-state index in [1.54, 1.807) is 0 Å². The first-order chi connectivity index (χ1) is 8.47. The molecule has 3 nitrogen and oxygen atoms in total. The molecule has 1 saturated heterocycles. The van der Waals surface area contributed by atoms with Crippen molar-refractivity contribution < 1.29 is 14.0 Å². The molecule has 0 saturated carbocycles. The molecule has 1 heterocycles. The van der Waals surface area contributed by atoms with Crippen LogP contribution in [0.4, 0.5) is 10.1 Å². The zero-order valence-electron chi connectivity index (χ0n) is 9.65. The number of hydrogen-bond donors (Lipinski definition) is 0. The van der Waals surface area contributed by atoms with E-state index in [1.807, 2.05) is 0 Å². The lowest BCUT2D eigenvalue weighted by atomic mass is 10.3. The molecule has 0 radical (unpaired) electrons. The summed E-state index contributed by atoms with van der Waals surface area (Å²) in [5.41, 5.74) is 0.568. The van der Waals surface area contributed by atoms with E-state index in [0.29, 0.717) is 18.7 Å². The van der Waals surface area contributed by atoms with E-state index in [0.717, 1.165) is 11.8 Å². The van der Waals surface area contributed by atoms with Gasteiger partial charge in [0.05, 0.1) is 5.02 Å².